The van der Waals surface area contributed by atoms with Gasteiger partial charge in [0.1, 0.15) is 0 Å². The van der Waals surface area contributed by atoms with Crippen LogP contribution in [0.3, 0.4) is 0 Å². The molecule has 1 heteroatoms. The second-order valence-corrected chi connectivity index (χ2v) is 7.50. The summed E-state index contributed by atoms with van der Waals surface area (Å²) in [6, 6.07) is 49.1. The molecular formula is C30H23N. The summed E-state index contributed by atoms with van der Waals surface area (Å²) in [5, 5.41) is 0. The third-order valence-corrected chi connectivity index (χ3v) is 5.44. The van der Waals surface area contributed by atoms with Crippen molar-refractivity contribution in [3.8, 4) is 22.3 Å². The molecule has 0 aromatic heterocycles. The minimum absolute atomic E-state index is 1.14. The lowest BCUT2D eigenvalue weighted by Gasteiger charge is -2.26. The van der Waals surface area contributed by atoms with Crippen molar-refractivity contribution in [2.24, 2.45) is 0 Å². The molecule has 31 heavy (non-hydrogen) atoms. The zero-order valence-electron chi connectivity index (χ0n) is 17.2. The highest BCUT2D eigenvalue weighted by atomic mass is 15.1. The Morgan fingerprint density at radius 2 is 0.645 bits per heavy atom. The Hall–Kier alpha value is -4.10. The normalized spacial score (nSPS) is 10.6. The highest BCUT2D eigenvalue weighted by Crippen LogP contribution is 2.37. The van der Waals surface area contributed by atoms with Crippen molar-refractivity contribution in [3.05, 3.63) is 140 Å². The topological polar surface area (TPSA) is 3.24 Å². The maximum Gasteiger partial charge on any atom is 0.0467 e. The number of benzene rings is 5. The van der Waals surface area contributed by atoms with Crippen molar-refractivity contribution in [1.29, 1.82) is 0 Å². The monoisotopic (exact) mass is 397 g/mol. The van der Waals surface area contributed by atoms with Crippen molar-refractivity contribution in [2.45, 2.75) is 0 Å². The highest BCUT2D eigenvalue weighted by Gasteiger charge is 2.14. The standard InChI is InChI=1S/C30H23N/c1-4-12-24(13-5-1)26-16-10-20-29(22-26)31(28-18-8-3-9-19-28)30-21-11-17-27(23-30)25-14-6-2-7-15-25/h1-23H. The fourth-order valence-corrected chi connectivity index (χ4v) is 3.93. The van der Waals surface area contributed by atoms with Crippen LogP contribution in [-0.4, -0.2) is 0 Å². The van der Waals surface area contributed by atoms with Crippen LogP contribution in [0.2, 0.25) is 0 Å². The van der Waals surface area contributed by atoms with Crippen LogP contribution in [0.15, 0.2) is 140 Å². The Morgan fingerprint density at radius 3 is 1.10 bits per heavy atom. The van der Waals surface area contributed by atoms with Gasteiger partial charge in [-0.1, -0.05) is 103 Å². The molecule has 0 fully saturated rings. The van der Waals surface area contributed by atoms with E-state index in [1.165, 1.54) is 22.3 Å². The quantitative estimate of drug-likeness (QED) is 0.287. The second-order valence-electron chi connectivity index (χ2n) is 7.50. The summed E-state index contributed by atoms with van der Waals surface area (Å²) in [6.45, 7) is 0. The summed E-state index contributed by atoms with van der Waals surface area (Å²) in [5.74, 6) is 0. The molecule has 0 aliphatic heterocycles. The molecule has 0 N–H and O–H groups in total. The zero-order valence-corrected chi connectivity index (χ0v) is 17.2. The predicted octanol–water partition coefficient (Wildman–Crippen LogP) is 8.49. The van der Waals surface area contributed by atoms with E-state index in [-0.39, 0.29) is 0 Å². The molecule has 148 valence electrons. The van der Waals surface area contributed by atoms with Crippen LogP contribution in [0, 0.1) is 0 Å². The first kappa shape index (κ1) is 18.9. The van der Waals surface area contributed by atoms with Gasteiger partial charge in [-0.05, 0) is 58.7 Å². The van der Waals surface area contributed by atoms with Crippen LogP contribution in [0.5, 0.6) is 0 Å². The first-order valence-electron chi connectivity index (χ1n) is 10.5. The molecule has 0 bridgehead atoms. The number of para-hydroxylation sites is 1. The van der Waals surface area contributed by atoms with Gasteiger partial charge in [0, 0.05) is 17.1 Å². The van der Waals surface area contributed by atoms with E-state index in [9.17, 15) is 0 Å². The van der Waals surface area contributed by atoms with E-state index in [2.05, 4.69) is 144 Å². The molecule has 0 saturated carbocycles. The van der Waals surface area contributed by atoms with Crippen LogP contribution in [0.25, 0.3) is 22.3 Å². The third-order valence-electron chi connectivity index (χ3n) is 5.44. The first-order chi connectivity index (χ1) is 15.4. The smallest absolute Gasteiger partial charge is 0.0467 e. The van der Waals surface area contributed by atoms with E-state index in [0.717, 1.165) is 17.1 Å². The Balaban J connectivity index is 1.63. The largest absolute Gasteiger partial charge is 0.310 e. The van der Waals surface area contributed by atoms with Gasteiger partial charge in [-0.15, -0.1) is 0 Å². The number of rotatable bonds is 5. The van der Waals surface area contributed by atoms with Crippen LogP contribution in [0.1, 0.15) is 0 Å². The van der Waals surface area contributed by atoms with Crippen LogP contribution in [-0.2, 0) is 0 Å². The molecule has 0 atom stereocenters. The minimum atomic E-state index is 1.14. The molecule has 0 radical (unpaired) electrons. The first-order valence-corrected chi connectivity index (χ1v) is 10.5. The van der Waals surface area contributed by atoms with Gasteiger partial charge in [-0.25, -0.2) is 0 Å². The van der Waals surface area contributed by atoms with Crippen LogP contribution >= 0.6 is 0 Å². The Bertz CT molecular complexity index is 1180. The molecule has 0 unspecified atom stereocenters. The van der Waals surface area contributed by atoms with Gasteiger partial charge in [-0.2, -0.15) is 0 Å². The number of anilines is 3. The summed E-state index contributed by atoms with van der Waals surface area (Å²) >= 11 is 0. The molecule has 0 heterocycles. The predicted molar refractivity (Wildman–Crippen MR) is 132 cm³/mol. The van der Waals surface area contributed by atoms with Gasteiger partial charge in [0.15, 0.2) is 0 Å². The zero-order chi connectivity index (χ0) is 20.9. The highest BCUT2D eigenvalue weighted by molar-refractivity contribution is 5.82. The molecule has 0 aliphatic rings. The average molecular weight is 398 g/mol. The van der Waals surface area contributed by atoms with Crippen molar-refractivity contribution >= 4 is 17.1 Å². The summed E-state index contributed by atoms with van der Waals surface area (Å²) in [6.07, 6.45) is 0. The summed E-state index contributed by atoms with van der Waals surface area (Å²) in [5.41, 5.74) is 8.26. The van der Waals surface area contributed by atoms with Crippen molar-refractivity contribution in [1.82, 2.24) is 0 Å². The Kier molecular flexibility index (Phi) is 5.32. The molecule has 0 saturated heterocycles. The Labute approximate surface area is 183 Å². The van der Waals surface area contributed by atoms with Crippen molar-refractivity contribution in [3.63, 3.8) is 0 Å². The van der Waals surface area contributed by atoms with Crippen LogP contribution < -0.4 is 4.90 Å². The van der Waals surface area contributed by atoms with E-state index < -0.39 is 0 Å². The lowest BCUT2D eigenvalue weighted by Crippen LogP contribution is -2.10. The van der Waals surface area contributed by atoms with E-state index in [0.29, 0.717) is 0 Å². The second kappa shape index (κ2) is 8.73. The third kappa shape index (κ3) is 4.12. The fourth-order valence-electron chi connectivity index (χ4n) is 3.93. The molecule has 0 aliphatic carbocycles. The van der Waals surface area contributed by atoms with Gasteiger partial charge in [0.2, 0.25) is 0 Å². The summed E-state index contributed by atoms with van der Waals surface area (Å²) < 4.78 is 0. The number of hydrogen-bond donors (Lipinski definition) is 0. The molecular weight excluding hydrogens is 374 g/mol. The van der Waals surface area contributed by atoms with E-state index in [1.807, 2.05) is 0 Å². The van der Waals surface area contributed by atoms with Gasteiger partial charge in [-0.3, -0.25) is 0 Å². The van der Waals surface area contributed by atoms with Gasteiger partial charge < -0.3 is 4.90 Å². The molecule has 5 aromatic carbocycles. The summed E-state index contributed by atoms with van der Waals surface area (Å²) in [4.78, 5) is 2.32. The average Bonchev–Trinajstić information content (AvgIpc) is 2.86. The van der Waals surface area contributed by atoms with Crippen molar-refractivity contribution in [2.75, 3.05) is 4.90 Å². The lowest BCUT2D eigenvalue weighted by molar-refractivity contribution is 1.28. The van der Waals surface area contributed by atoms with E-state index in [1.54, 1.807) is 0 Å². The number of hydrogen-bond acceptors (Lipinski definition) is 1. The summed E-state index contributed by atoms with van der Waals surface area (Å²) in [7, 11) is 0. The van der Waals surface area contributed by atoms with E-state index in [4.69, 9.17) is 0 Å². The maximum absolute atomic E-state index is 2.32. The molecule has 0 amide bonds. The lowest BCUT2D eigenvalue weighted by atomic mass is 10.0. The molecule has 0 spiro atoms. The fraction of sp³-hybridized carbons (Fsp3) is 0. The van der Waals surface area contributed by atoms with Gasteiger partial charge in [0.05, 0.1) is 0 Å². The molecule has 1 nitrogen and oxygen atoms in total. The maximum atomic E-state index is 2.32. The minimum Gasteiger partial charge on any atom is -0.310 e. The van der Waals surface area contributed by atoms with Gasteiger partial charge >= 0.3 is 0 Å². The van der Waals surface area contributed by atoms with Crippen LogP contribution in [0.4, 0.5) is 17.1 Å². The van der Waals surface area contributed by atoms with E-state index >= 15 is 0 Å². The number of nitrogens with zero attached hydrogens (tertiary/aromatic N) is 1. The van der Waals surface area contributed by atoms with Gasteiger partial charge in [0.25, 0.3) is 0 Å². The molecule has 5 rings (SSSR count). The Morgan fingerprint density at radius 1 is 0.290 bits per heavy atom. The SMILES string of the molecule is c1ccc(-c2cccc(N(c3ccccc3)c3cccc(-c4ccccc4)c3)c2)cc1. The van der Waals surface area contributed by atoms with Crippen molar-refractivity contribution < 1.29 is 0 Å². The molecule has 5 aromatic rings.